The number of rotatable bonds is 29. The Balaban J connectivity index is 0.000000244. The van der Waals surface area contributed by atoms with Gasteiger partial charge < -0.3 is 0 Å². The maximum atomic E-state index is 6.43. The van der Waals surface area contributed by atoms with Crippen molar-refractivity contribution < 1.29 is 0 Å². The third-order valence-corrected chi connectivity index (χ3v) is 17.8. The largest absolute Gasteiger partial charge is 0.0837 e. The number of unbranched alkanes of at least 4 members (excludes halogenated alkanes) is 21. The summed E-state index contributed by atoms with van der Waals surface area (Å²) in [5.74, 6) is 5.86. The van der Waals surface area contributed by atoms with Crippen LogP contribution in [0.2, 0.25) is 10.0 Å². The lowest BCUT2D eigenvalue weighted by atomic mass is 9.70. The summed E-state index contributed by atoms with van der Waals surface area (Å²) in [6, 6.07) is 16.7. The van der Waals surface area contributed by atoms with Gasteiger partial charge in [0.05, 0.1) is 0 Å². The van der Waals surface area contributed by atoms with Gasteiger partial charge in [0.25, 0.3) is 0 Å². The first-order valence-corrected chi connectivity index (χ1v) is 29.7. The topological polar surface area (TPSA) is 0 Å². The third-order valence-electron chi connectivity index (χ3n) is 17.1. The van der Waals surface area contributed by atoms with Crippen LogP contribution in [0.1, 0.15) is 275 Å². The van der Waals surface area contributed by atoms with Gasteiger partial charge in [0, 0.05) is 10.0 Å². The summed E-state index contributed by atoms with van der Waals surface area (Å²) in [6.45, 7) is 4.61. The van der Waals surface area contributed by atoms with Crippen LogP contribution in [0.25, 0.3) is 11.1 Å². The zero-order valence-corrected chi connectivity index (χ0v) is 44.1. The summed E-state index contributed by atoms with van der Waals surface area (Å²) in [6.07, 6.45) is 61.3. The predicted octanol–water partition coefficient (Wildman–Crippen LogP) is 22.5. The fourth-order valence-corrected chi connectivity index (χ4v) is 13.3. The van der Waals surface area contributed by atoms with Crippen LogP contribution in [0.15, 0.2) is 60.7 Å². The Morgan fingerprint density at radius 3 is 0.954 bits per heavy atom. The molecule has 0 amide bonds. The molecule has 4 aliphatic carbocycles. The minimum absolute atomic E-state index is 0.917. The number of hydrogen-bond acceptors (Lipinski definition) is 0. The fraction of sp³-hybridized carbons (Fsp3) is 0.746. The van der Waals surface area contributed by atoms with Crippen molar-refractivity contribution in [2.24, 2.45) is 35.5 Å². The third kappa shape index (κ3) is 21.4. The molecule has 2 saturated carbocycles. The predicted molar refractivity (Wildman–Crippen MR) is 291 cm³/mol. The van der Waals surface area contributed by atoms with E-state index in [4.69, 9.17) is 23.2 Å². The van der Waals surface area contributed by atoms with Crippen LogP contribution in [0, 0.1) is 35.5 Å². The molecule has 0 nitrogen and oxygen atoms in total. The molecule has 0 aromatic heterocycles. The van der Waals surface area contributed by atoms with E-state index in [9.17, 15) is 0 Å². The van der Waals surface area contributed by atoms with Gasteiger partial charge in [0.15, 0.2) is 0 Å². The van der Waals surface area contributed by atoms with Gasteiger partial charge >= 0.3 is 0 Å². The number of halogens is 2. The molecular weight excluding hydrogens is 828 g/mol. The van der Waals surface area contributed by atoms with Gasteiger partial charge in [-0.05, 0) is 134 Å². The molecule has 4 aliphatic rings. The van der Waals surface area contributed by atoms with Crippen LogP contribution in [-0.2, 0) is 0 Å². The number of allylic oxidation sites excluding steroid dienone is 4. The van der Waals surface area contributed by atoms with Gasteiger partial charge in [0.1, 0.15) is 0 Å². The Morgan fingerprint density at radius 2 is 0.662 bits per heavy atom. The van der Waals surface area contributed by atoms with Crippen LogP contribution in [-0.4, -0.2) is 0 Å². The molecule has 0 heterocycles. The maximum absolute atomic E-state index is 6.43. The zero-order valence-electron chi connectivity index (χ0n) is 42.6. The Hall–Kier alpha value is -1.50. The highest BCUT2D eigenvalue weighted by atomic mass is 35.5. The SMILES string of the molecule is CCCCCCCCCCCCCC1CCC(C2CC=C(c3ccccc3Cl)CC2)CC1.CCCCCCCCCCCCCCC1CCC(C2CC=C(c3ccccc3Cl)CC2)CC1. The molecule has 0 N–H and O–H groups in total. The second-order valence-corrected chi connectivity index (χ2v) is 22.9. The summed E-state index contributed by atoms with van der Waals surface area (Å²) >= 11 is 12.8. The van der Waals surface area contributed by atoms with Crippen LogP contribution in [0.3, 0.4) is 0 Å². The van der Waals surface area contributed by atoms with E-state index in [2.05, 4.69) is 50.3 Å². The first-order valence-electron chi connectivity index (χ1n) is 28.9. The van der Waals surface area contributed by atoms with E-state index in [-0.39, 0.29) is 0 Å². The molecule has 0 spiro atoms. The average molecular weight is 928 g/mol. The molecule has 65 heavy (non-hydrogen) atoms. The molecule has 2 fully saturated rings. The van der Waals surface area contributed by atoms with E-state index in [1.807, 2.05) is 24.3 Å². The molecule has 366 valence electrons. The molecular formula is C63H100Cl2. The lowest BCUT2D eigenvalue weighted by molar-refractivity contribution is 0.187. The summed E-state index contributed by atoms with van der Waals surface area (Å²) in [5, 5.41) is 1.83. The number of hydrogen-bond donors (Lipinski definition) is 0. The first kappa shape index (κ1) is 54.4. The van der Waals surface area contributed by atoms with Crippen molar-refractivity contribution in [3.8, 4) is 0 Å². The van der Waals surface area contributed by atoms with E-state index in [1.54, 1.807) is 0 Å². The van der Waals surface area contributed by atoms with Crippen LogP contribution in [0.5, 0.6) is 0 Å². The van der Waals surface area contributed by atoms with Crippen molar-refractivity contribution >= 4 is 34.3 Å². The smallest absolute Gasteiger partial charge is 0.0481 e. The normalized spacial score (nSPS) is 23.6. The van der Waals surface area contributed by atoms with Gasteiger partial charge in [-0.1, -0.05) is 272 Å². The number of benzene rings is 2. The molecule has 2 heteroatoms. The zero-order chi connectivity index (χ0) is 45.6. The Bertz CT molecular complexity index is 1550. The van der Waals surface area contributed by atoms with Gasteiger partial charge in [-0.2, -0.15) is 0 Å². The minimum atomic E-state index is 0.917. The molecule has 0 radical (unpaired) electrons. The standard InChI is InChI=1S/C32H51Cl.C31H49Cl/c1-2-3-4-5-6-7-8-9-10-11-12-13-16-27-19-21-28(22-20-27)29-23-25-30(26-24-29)31-17-14-15-18-32(31)33;1-2-3-4-5-6-7-8-9-10-11-12-15-26-18-20-27(21-19-26)28-22-24-29(25-23-28)30-16-13-14-17-31(30)32/h14-15,17-18,25,27-29H,2-13,16,19-24,26H2,1H3;13-14,16-17,24,26-28H,2-12,15,18-23,25H2,1H3. The Labute approximate surface area is 413 Å². The highest BCUT2D eigenvalue weighted by Gasteiger charge is 2.30. The van der Waals surface area contributed by atoms with Gasteiger partial charge in [-0.15, -0.1) is 0 Å². The Kier molecular flexibility index (Phi) is 28.4. The summed E-state index contributed by atoms with van der Waals surface area (Å²) in [7, 11) is 0. The lowest BCUT2D eigenvalue weighted by Gasteiger charge is -2.35. The maximum Gasteiger partial charge on any atom is 0.0481 e. The molecule has 0 saturated heterocycles. The second kappa shape index (κ2) is 33.9. The van der Waals surface area contributed by atoms with E-state index in [0.717, 1.165) is 45.6 Å². The van der Waals surface area contributed by atoms with Crippen molar-refractivity contribution in [1.29, 1.82) is 0 Å². The van der Waals surface area contributed by atoms with Crippen molar-refractivity contribution in [3.05, 3.63) is 81.9 Å². The van der Waals surface area contributed by atoms with Gasteiger partial charge in [0.2, 0.25) is 0 Å². The molecule has 2 unspecified atom stereocenters. The Morgan fingerprint density at radius 1 is 0.354 bits per heavy atom. The summed E-state index contributed by atoms with van der Waals surface area (Å²) < 4.78 is 0. The van der Waals surface area contributed by atoms with Crippen molar-refractivity contribution in [2.75, 3.05) is 0 Å². The lowest BCUT2D eigenvalue weighted by Crippen LogP contribution is -2.23. The molecule has 6 rings (SSSR count). The summed E-state index contributed by atoms with van der Waals surface area (Å²) in [4.78, 5) is 0. The molecule has 0 aliphatic heterocycles. The van der Waals surface area contributed by atoms with Crippen molar-refractivity contribution in [2.45, 2.75) is 264 Å². The van der Waals surface area contributed by atoms with E-state index in [1.165, 1.54) is 273 Å². The van der Waals surface area contributed by atoms with E-state index in [0.29, 0.717) is 0 Å². The van der Waals surface area contributed by atoms with E-state index >= 15 is 0 Å². The van der Waals surface area contributed by atoms with Crippen LogP contribution < -0.4 is 0 Å². The average Bonchev–Trinajstić information content (AvgIpc) is 3.35. The van der Waals surface area contributed by atoms with Gasteiger partial charge in [-0.3, -0.25) is 0 Å². The fourth-order valence-electron chi connectivity index (χ4n) is 12.8. The van der Waals surface area contributed by atoms with Crippen molar-refractivity contribution in [1.82, 2.24) is 0 Å². The van der Waals surface area contributed by atoms with E-state index < -0.39 is 0 Å². The minimum Gasteiger partial charge on any atom is -0.0837 e. The highest BCUT2D eigenvalue weighted by molar-refractivity contribution is 6.32. The summed E-state index contributed by atoms with van der Waals surface area (Å²) in [5.41, 5.74) is 5.50. The van der Waals surface area contributed by atoms with Crippen molar-refractivity contribution in [3.63, 3.8) is 0 Å². The quantitative estimate of drug-likeness (QED) is 0.0713. The second-order valence-electron chi connectivity index (χ2n) is 22.1. The first-order chi connectivity index (χ1) is 32.1. The molecule has 2 aromatic carbocycles. The van der Waals surface area contributed by atoms with Crippen LogP contribution >= 0.6 is 23.2 Å². The molecule has 2 aromatic rings. The molecule has 2 atom stereocenters. The van der Waals surface area contributed by atoms with Gasteiger partial charge in [-0.25, -0.2) is 0 Å². The molecule has 0 bridgehead atoms. The van der Waals surface area contributed by atoms with Crippen LogP contribution in [0.4, 0.5) is 0 Å². The highest BCUT2D eigenvalue weighted by Crippen LogP contribution is 2.44. The monoisotopic (exact) mass is 927 g/mol.